The molecule has 0 saturated carbocycles. The van der Waals surface area contributed by atoms with Crippen molar-refractivity contribution in [2.24, 2.45) is 5.73 Å². The summed E-state index contributed by atoms with van der Waals surface area (Å²) in [6.45, 7) is 0.577. The predicted octanol–water partition coefficient (Wildman–Crippen LogP) is 0.722. The van der Waals surface area contributed by atoms with E-state index in [4.69, 9.17) is 5.73 Å². The molecule has 0 fully saturated rings. The second-order valence-corrected chi connectivity index (χ2v) is 2.03. The van der Waals surface area contributed by atoms with Gasteiger partial charge in [0.15, 0.2) is 0 Å². The molecule has 1 aromatic heterocycles. The number of pyridine rings is 1. The molecule has 0 bridgehead atoms. The van der Waals surface area contributed by atoms with E-state index in [2.05, 4.69) is 4.98 Å². The van der Waals surface area contributed by atoms with E-state index < -0.39 is 5.95 Å². The minimum Gasteiger partial charge on any atom is -0.330 e. The summed E-state index contributed by atoms with van der Waals surface area (Å²) in [5.41, 5.74) is 6.25. The van der Waals surface area contributed by atoms with Crippen molar-refractivity contribution in [1.29, 1.82) is 0 Å². The van der Waals surface area contributed by atoms with E-state index in [1.807, 2.05) is 0 Å². The third-order valence-corrected chi connectivity index (χ3v) is 1.22. The monoisotopic (exact) mass is 140 g/mol. The van der Waals surface area contributed by atoms with Gasteiger partial charge in [-0.1, -0.05) is 6.07 Å². The minimum absolute atomic E-state index is 0.444. The van der Waals surface area contributed by atoms with E-state index in [9.17, 15) is 4.39 Å². The third kappa shape index (κ3) is 1.77. The Balaban J connectivity index is 2.69. The van der Waals surface area contributed by atoms with Crippen LogP contribution in [0.2, 0.25) is 0 Å². The number of rotatable bonds is 2. The SMILES string of the molecule is NCCc1ccc(F)nc1. The van der Waals surface area contributed by atoms with Gasteiger partial charge in [-0.3, -0.25) is 0 Å². The normalized spacial score (nSPS) is 9.80. The van der Waals surface area contributed by atoms with E-state index >= 15 is 0 Å². The molecule has 0 unspecified atom stereocenters. The Labute approximate surface area is 58.9 Å². The fraction of sp³-hybridized carbons (Fsp3) is 0.286. The molecule has 0 aromatic carbocycles. The first-order valence-electron chi connectivity index (χ1n) is 3.13. The standard InChI is InChI=1S/C7H9FN2/c8-7-2-1-6(3-4-9)5-10-7/h1-2,5H,3-4,9H2. The Morgan fingerprint density at radius 3 is 2.80 bits per heavy atom. The number of nitrogens with two attached hydrogens (primary N) is 1. The Morgan fingerprint density at radius 1 is 1.50 bits per heavy atom. The van der Waals surface area contributed by atoms with Crippen LogP contribution in [0.4, 0.5) is 4.39 Å². The highest BCUT2D eigenvalue weighted by Crippen LogP contribution is 1.98. The number of halogens is 1. The van der Waals surface area contributed by atoms with Gasteiger partial charge in [-0.2, -0.15) is 4.39 Å². The lowest BCUT2D eigenvalue weighted by molar-refractivity contribution is 0.582. The van der Waals surface area contributed by atoms with Crippen molar-refractivity contribution in [3.8, 4) is 0 Å². The molecule has 1 heterocycles. The van der Waals surface area contributed by atoms with Gasteiger partial charge in [-0.25, -0.2) is 4.98 Å². The topological polar surface area (TPSA) is 38.9 Å². The van der Waals surface area contributed by atoms with Crippen LogP contribution in [0.15, 0.2) is 18.3 Å². The van der Waals surface area contributed by atoms with Gasteiger partial charge in [0.05, 0.1) is 0 Å². The lowest BCUT2D eigenvalue weighted by atomic mass is 10.2. The molecule has 0 amide bonds. The summed E-state index contributed by atoms with van der Waals surface area (Å²) in [5.74, 6) is -0.444. The lowest BCUT2D eigenvalue weighted by Gasteiger charge is -1.94. The summed E-state index contributed by atoms with van der Waals surface area (Å²) < 4.78 is 12.2. The van der Waals surface area contributed by atoms with Gasteiger partial charge in [0.1, 0.15) is 0 Å². The molecular weight excluding hydrogens is 131 g/mol. The predicted molar refractivity (Wildman–Crippen MR) is 37.0 cm³/mol. The molecule has 10 heavy (non-hydrogen) atoms. The van der Waals surface area contributed by atoms with Crippen LogP contribution in [-0.2, 0) is 6.42 Å². The van der Waals surface area contributed by atoms with Crippen LogP contribution in [-0.4, -0.2) is 11.5 Å². The number of hydrogen-bond donors (Lipinski definition) is 1. The molecule has 1 rings (SSSR count). The summed E-state index contributed by atoms with van der Waals surface area (Å²) in [6, 6.07) is 3.03. The largest absolute Gasteiger partial charge is 0.330 e. The Bertz CT molecular complexity index is 195. The fourth-order valence-electron chi connectivity index (χ4n) is 0.721. The number of hydrogen-bond acceptors (Lipinski definition) is 2. The highest BCUT2D eigenvalue weighted by atomic mass is 19.1. The van der Waals surface area contributed by atoms with Gasteiger partial charge in [-0.15, -0.1) is 0 Å². The summed E-state index contributed by atoms with van der Waals surface area (Å²) >= 11 is 0. The Kier molecular flexibility index (Phi) is 2.34. The summed E-state index contributed by atoms with van der Waals surface area (Å²) in [4.78, 5) is 3.48. The molecule has 3 heteroatoms. The van der Waals surface area contributed by atoms with Crippen molar-refractivity contribution >= 4 is 0 Å². The maximum atomic E-state index is 12.2. The van der Waals surface area contributed by atoms with E-state index in [-0.39, 0.29) is 0 Å². The van der Waals surface area contributed by atoms with E-state index in [0.717, 1.165) is 12.0 Å². The molecule has 0 radical (unpaired) electrons. The van der Waals surface area contributed by atoms with Crippen LogP contribution >= 0.6 is 0 Å². The summed E-state index contributed by atoms with van der Waals surface area (Å²) in [5, 5.41) is 0. The zero-order valence-electron chi connectivity index (χ0n) is 5.55. The van der Waals surface area contributed by atoms with Gasteiger partial charge in [0.2, 0.25) is 5.95 Å². The summed E-state index contributed by atoms with van der Waals surface area (Å²) in [6.07, 6.45) is 2.26. The Morgan fingerprint density at radius 2 is 2.30 bits per heavy atom. The van der Waals surface area contributed by atoms with Crippen LogP contribution in [0.5, 0.6) is 0 Å². The van der Waals surface area contributed by atoms with Crippen LogP contribution in [0.25, 0.3) is 0 Å². The Hall–Kier alpha value is -0.960. The minimum atomic E-state index is -0.444. The number of aromatic nitrogens is 1. The van der Waals surface area contributed by atoms with Crippen LogP contribution in [0, 0.1) is 5.95 Å². The van der Waals surface area contributed by atoms with Crippen molar-refractivity contribution in [3.63, 3.8) is 0 Å². The second kappa shape index (κ2) is 3.27. The van der Waals surface area contributed by atoms with Crippen LogP contribution < -0.4 is 5.73 Å². The maximum Gasteiger partial charge on any atom is 0.212 e. The van der Waals surface area contributed by atoms with Crippen LogP contribution in [0.3, 0.4) is 0 Å². The first-order valence-corrected chi connectivity index (χ1v) is 3.13. The highest BCUT2D eigenvalue weighted by Gasteiger charge is 1.91. The lowest BCUT2D eigenvalue weighted by Crippen LogP contribution is -2.02. The first-order chi connectivity index (χ1) is 4.83. The second-order valence-electron chi connectivity index (χ2n) is 2.03. The first kappa shape index (κ1) is 7.15. The van der Waals surface area contributed by atoms with E-state index in [0.29, 0.717) is 6.54 Å². The average molecular weight is 140 g/mol. The quantitative estimate of drug-likeness (QED) is 0.615. The fourth-order valence-corrected chi connectivity index (χ4v) is 0.721. The van der Waals surface area contributed by atoms with Crippen molar-refractivity contribution in [1.82, 2.24) is 4.98 Å². The molecule has 0 atom stereocenters. The molecule has 0 aliphatic rings. The van der Waals surface area contributed by atoms with Gasteiger partial charge in [0.25, 0.3) is 0 Å². The molecule has 0 saturated heterocycles. The van der Waals surface area contributed by atoms with Gasteiger partial charge in [0, 0.05) is 6.20 Å². The van der Waals surface area contributed by atoms with Gasteiger partial charge >= 0.3 is 0 Å². The smallest absolute Gasteiger partial charge is 0.212 e. The van der Waals surface area contributed by atoms with E-state index in [1.54, 1.807) is 6.07 Å². The number of nitrogens with zero attached hydrogens (tertiary/aromatic N) is 1. The molecule has 54 valence electrons. The van der Waals surface area contributed by atoms with Gasteiger partial charge < -0.3 is 5.73 Å². The van der Waals surface area contributed by atoms with Crippen molar-refractivity contribution in [2.75, 3.05) is 6.54 Å². The molecule has 2 nitrogen and oxygen atoms in total. The van der Waals surface area contributed by atoms with Crippen molar-refractivity contribution < 1.29 is 4.39 Å². The maximum absolute atomic E-state index is 12.2. The van der Waals surface area contributed by atoms with Crippen molar-refractivity contribution in [3.05, 3.63) is 29.8 Å². The highest BCUT2D eigenvalue weighted by molar-refractivity contribution is 5.09. The van der Waals surface area contributed by atoms with Crippen LogP contribution in [0.1, 0.15) is 5.56 Å². The average Bonchev–Trinajstić information content (AvgIpc) is 1.95. The van der Waals surface area contributed by atoms with Gasteiger partial charge in [-0.05, 0) is 24.6 Å². The van der Waals surface area contributed by atoms with E-state index in [1.165, 1.54) is 12.3 Å². The molecule has 0 aliphatic heterocycles. The zero-order chi connectivity index (χ0) is 7.40. The van der Waals surface area contributed by atoms with Crippen molar-refractivity contribution in [2.45, 2.75) is 6.42 Å². The molecular formula is C7H9FN2. The summed E-state index contributed by atoms with van der Waals surface area (Å²) in [7, 11) is 0. The molecule has 0 spiro atoms. The molecule has 2 N–H and O–H groups in total. The zero-order valence-corrected chi connectivity index (χ0v) is 5.55. The molecule has 0 aliphatic carbocycles. The molecule has 1 aromatic rings. The third-order valence-electron chi connectivity index (χ3n) is 1.22.